The molecular weight excluding hydrogens is 356 g/mol. The SMILES string of the molecule is CCn1cc([C@H](C)NC(=O)c2ccc(OCc3c(C)noc3C)cc2)c(C)n1. The zero-order chi connectivity index (χ0) is 20.3. The first-order valence-electron chi connectivity index (χ1n) is 9.38. The highest BCUT2D eigenvalue weighted by atomic mass is 16.5. The van der Waals surface area contributed by atoms with Gasteiger partial charge in [-0.15, -0.1) is 0 Å². The van der Waals surface area contributed by atoms with Crippen LogP contribution in [0.5, 0.6) is 5.75 Å². The highest BCUT2D eigenvalue weighted by Crippen LogP contribution is 2.20. The molecule has 0 radical (unpaired) electrons. The Kier molecular flexibility index (Phi) is 5.82. The Bertz CT molecular complexity index is 937. The van der Waals surface area contributed by atoms with E-state index in [2.05, 4.69) is 15.6 Å². The van der Waals surface area contributed by atoms with Gasteiger partial charge < -0.3 is 14.6 Å². The quantitative estimate of drug-likeness (QED) is 0.670. The average molecular weight is 382 g/mol. The van der Waals surface area contributed by atoms with Crippen molar-refractivity contribution in [2.45, 2.75) is 53.8 Å². The Labute approximate surface area is 164 Å². The number of rotatable bonds is 7. The average Bonchev–Trinajstić information content (AvgIpc) is 3.22. The summed E-state index contributed by atoms with van der Waals surface area (Å²) in [6, 6.07) is 6.97. The van der Waals surface area contributed by atoms with Crippen LogP contribution in [0.15, 0.2) is 35.0 Å². The normalized spacial score (nSPS) is 12.0. The van der Waals surface area contributed by atoms with E-state index in [1.54, 1.807) is 24.3 Å². The maximum Gasteiger partial charge on any atom is 0.251 e. The molecule has 1 N–H and O–H groups in total. The molecule has 7 heteroatoms. The van der Waals surface area contributed by atoms with Crippen LogP contribution in [0.2, 0.25) is 0 Å². The summed E-state index contributed by atoms with van der Waals surface area (Å²) in [6.45, 7) is 10.9. The van der Waals surface area contributed by atoms with Crippen molar-refractivity contribution in [2.24, 2.45) is 0 Å². The Balaban J connectivity index is 1.61. The monoisotopic (exact) mass is 382 g/mol. The number of aromatic nitrogens is 3. The number of carbonyl (C=O) groups is 1. The largest absolute Gasteiger partial charge is 0.489 e. The molecule has 2 aromatic heterocycles. The van der Waals surface area contributed by atoms with Crippen LogP contribution in [0.3, 0.4) is 0 Å². The molecule has 0 bridgehead atoms. The molecule has 0 aliphatic rings. The fourth-order valence-corrected chi connectivity index (χ4v) is 3.04. The molecule has 3 aromatic rings. The summed E-state index contributed by atoms with van der Waals surface area (Å²) in [4.78, 5) is 12.6. The number of nitrogens with zero attached hydrogens (tertiary/aromatic N) is 3. The molecule has 1 atom stereocenters. The summed E-state index contributed by atoms with van der Waals surface area (Å²) in [5, 5.41) is 11.4. The van der Waals surface area contributed by atoms with Gasteiger partial charge in [0.15, 0.2) is 0 Å². The Morgan fingerprint density at radius 3 is 2.50 bits per heavy atom. The minimum atomic E-state index is -0.131. The number of ether oxygens (including phenoxy) is 1. The van der Waals surface area contributed by atoms with Crippen molar-refractivity contribution in [1.82, 2.24) is 20.3 Å². The second-order valence-electron chi connectivity index (χ2n) is 6.84. The zero-order valence-corrected chi connectivity index (χ0v) is 16.9. The lowest BCUT2D eigenvalue weighted by Gasteiger charge is -2.13. The second kappa shape index (κ2) is 8.29. The number of aryl methyl sites for hydroxylation is 4. The van der Waals surface area contributed by atoms with Gasteiger partial charge in [0.2, 0.25) is 0 Å². The molecule has 0 aliphatic heterocycles. The third-order valence-electron chi connectivity index (χ3n) is 4.80. The van der Waals surface area contributed by atoms with Gasteiger partial charge in [-0.2, -0.15) is 5.10 Å². The van der Waals surface area contributed by atoms with Crippen molar-refractivity contribution in [3.63, 3.8) is 0 Å². The minimum absolute atomic E-state index is 0.122. The topological polar surface area (TPSA) is 82.2 Å². The molecule has 2 heterocycles. The highest BCUT2D eigenvalue weighted by Gasteiger charge is 2.16. The maximum absolute atomic E-state index is 12.6. The predicted octanol–water partition coefficient (Wildman–Crippen LogP) is 3.89. The van der Waals surface area contributed by atoms with Gasteiger partial charge in [-0.05, 0) is 58.9 Å². The first-order valence-corrected chi connectivity index (χ1v) is 9.38. The van der Waals surface area contributed by atoms with E-state index < -0.39 is 0 Å². The van der Waals surface area contributed by atoms with Crippen molar-refractivity contribution in [3.8, 4) is 5.75 Å². The molecule has 0 saturated heterocycles. The molecule has 0 fully saturated rings. The number of amides is 1. The fourth-order valence-electron chi connectivity index (χ4n) is 3.04. The second-order valence-corrected chi connectivity index (χ2v) is 6.84. The minimum Gasteiger partial charge on any atom is -0.489 e. The lowest BCUT2D eigenvalue weighted by molar-refractivity contribution is 0.0940. The van der Waals surface area contributed by atoms with Gasteiger partial charge in [0.25, 0.3) is 5.91 Å². The van der Waals surface area contributed by atoms with Crippen LogP contribution < -0.4 is 10.1 Å². The van der Waals surface area contributed by atoms with Crippen molar-refractivity contribution >= 4 is 5.91 Å². The summed E-state index contributed by atoms with van der Waals surface area (Å²) in [7, 11) is 0. The van der Waals surface area contributed by atoms with Crippen LogP contribution in [-0.4, -0.2) is 20.8 Å². The van der Waals surface area contributed by atoms with Crippen molar-refractivity contribution < 1.29 is 14.1 Å². The number of nitrogens with one attached hydrogen (secondary N) is 1. The standard InChI is InChI=1S/C21H26N4O3/c1-6-25-11-19(14(3)23-25)13(2)22-21(26)17-7-9-18(10-8-17)27-12-20-15(4)24-28-16(20)5/h7-11,13H,6,12H2,1-5H3,(H,22,26)/t13-/m0/s1. The summed E-state index contributed by atoms with van der Waals surface area (Å²) in [5.41, 5.74) is 4.30. The van der Waals surface area contributed by atoms with Gasteiger partial charge in [-0.1, -0.05) is 5.16 Å². The number of carbonyl (C=O) groups excluding carboxylic acids is 1. The first kappa shape index (κ1) is 19.7. The molecule has 148 valence electrons. The van der Waals surface area contributed by atoms with Crippen LogP contribution in [0.4, 0.5) is 0 Å². The Morgan fingerprint density at radius 2 is 1.93 bits per heavy atom. The number of benzene rings is 1. The molecule has 7 nitrogen and oxygen atoms in total. The summed E-state index contributed by atoms with van der Waals surface area (Å²) in [5.74, 6) is 1.31. The Hall–Kier alpha value is -3.09. The van der Waals surface area contributed by atoms with Gasteiger partial charge in [0.05, 0.1) is 23.0 Å². The van der Waals surface area contributed by atoms with Crippen LogP contribution in [-0.2, 0) is 13.2 Å². The van der Waals surface area contributed by atoms with Gasteiger partial charge in [-0.3, -0.25) is 9.48 Å². The van der Waals surface area contributed by atoms with Crippen LogP contribution in [0, 0.1) is 20.8 Å². The van der Waals surface area contributed by atoms with E-state index in [9.17, 15) is 4.79 Å². The number of hydrogen-bond acceptors (Lipinski definition) is 5. The molecule has 3 rings (SSSR count). The molecule has 1 aromatic carbocycles. The summed E-state index contributed by atoms with van der Waals surface area (Å²) < 4.78 is 12.8. The van der Waals surface area contributed by atoms with Crippen LogP contribution >= 0.6 is 0 Å². The summed E-state index contributed by atoms with van der Waals surface area (Å²) in [6.07, 6.45) is 1.98. The first-order chi connectivity index (χ1) is 13.4. The molecule has 28 heavy (non-hydrogen) atoms. The van der Waals surface area contributed by atoms with E-state index in [1.807, 2.05) is 45.5 Å². The van der Waals surface area contributed by atoms with Crippen molar-refractivity contribution in [3.05, 3.63) is 64.3 Å². The molecule has 0 unspecified atom stereocenters. The lowest BCUT2D eigenvalue weighted by Crippen LogP contribution is -2.26. The van der Waals surface area contributed by atoms with E-state index in [1.165, 1.54) is 0 Å². The molecule has 0 spiro atoms. The van der Waals surface area contributed by atoms with Gasteiger partial charge in [0.1, 0.15) is 18.1 Å². The molecular formula is C21H26N4O3. The Morgan fingerprint density at radius 1 is 1.21 bits per heavy atom. The van der Waals surface area contributed by atoms with Crippen molar-refractivity contribution in [2.75, 3.05) is 0 Å². The van der Waals surface area contributed by atoms with E-state index >= 15 is 0 Å². The van der Waals surface area contributed by atoms with Crippen LogP contribution in [0.25, 0.3) is 0 Å². The third-order valence-corrected chi connectivity index (χ3v) is 4.80. The molecule has 1 amide bonds. The fraction of sp³-hybridized carbons (Fsp3) is 0.381. The third kappa shape index (κ3) is 4.24. The van der Waals surface area contributed by atoms with Gasteiger partial charge in [-0.25, -0.2) is 0 Å². The van der Waals surface area contributed by atoms with Gasteiger partial charge in [0, 0.05) is 23.9 Å². The summed E-state index contributed by atoms with van der Waals surface area (Å²) >= 11 is 0. The predicted molar refractivity (Wildman–Crippen MR) is 105 cm³/mol. The highest BCUT2D eigenvalue weighted by molar-refractivity contribution is 5.94. The van der Waals surface area contributed by atoms with Gasteiger partial charge >= 0.3 is 0 Å². The maximum atomic E-state index is 12.6. The lowest BCUT2D eigenvalue weighted by atomic mass is 10.1. The molecule has 0 aliphatic carbocycles. The molecule has 0 saturated carbocycles. The van der Waals surface area contributed by atoms with E-state index in [0.717, 1.165) is 34.8 Å². The smallest absolute Gasteiger partial charge is 0.251 e. The van der Waals surface area contributed by atoms with Crippen LogP contribution in [0.1, 0.15) is 58.5 Å². The van der Waals surface area contributed by atoms with E-state index in [-0.39, 0.29) is 11.9 Å². The van der Waals surface area contributed by atoms with E-state index in [4.69, 9.17) is 9.26 Å². The van der Waals surface area contributed by atoms with E-state index in [0.29, 0.717) is 17.9 Å². The number of hydrogen-bond donors (Lipinski definition) is 1. The zero-order valence-electron chi connectivity index (χ0n) is 16.9. The van der Waals surface area contributed by atoms with Crippen molar-refractivity contribution in [1.29, 1.82) is 0 Å².